The Kier molecular flexibility index (Phi) is 0.794. The Bertz CT molecular complexity index is 169. The number of nitrogens with zero attached hydrogens (tertiary/aromatic N) is 2. The Morgan fingerprint density at radius 3 is 3.00 bits per heavy atom. The van der Waals surface area contributed by atoms with Gasteiger partial charge in [0.15, 0.2) is 0 Å². The number of hydrogen-bond donors (Lipinski definition) is 1. The summed E-state index contributed by atoms with van der Waals surface area (Å²) in [5, 5.41) is 6.15. The quantitative estimate of drug-likeness (QED) is 0.511. The molecule has 3 heteroatoms. The highest BCUT2D eigenvalue weighted by molar-refractivity contribution is 5.39. The van der Waals surface area contributed by atoms with Gasteiger partial charge < -0.3 is 0 Å². The lowest BCUT2D eigenvalue weighted by atomic mass is 10.6. The summed E-state index contributed by atoms with van der Waals surface area (Å²) < 4.78 is 0. The van der Waals surface area contributed by atoms with Gasteiger partial charge in [-0.25, -0.2) is 0 Å². The van der Waals surface area contributed by atoms with E-state index in [-0.39, 0.29) is 0 Å². The maximum atomic E-state index is 4.86. The summed E-state index contributed by atoms with van der Waals surface area (Å²) in [7, 11) is 0. The maximum absolute atomic E-state index is 4.86. The van der Waals surface area contributed by atoms with Crippen LogP contribution in [0, 0.1) is 6.57 Å². The second-order valence-electron chi connectivity index (χ2n) is 1.09. The van der Waals surface area contributed by atoms with E-state index in [1.165, 1.54) is 0 Å². The second-order valence-corrected chi connectivity index (χ2v) is 1.09. The Hall–Kier alpha value is -1.30. The van der Waals surface area contributed by atoms with Crippen molar-refractivity contribution in [3.05, 3.63) is 17.2 Å². The maximum Gasteiger partial charge on any atom is 0.377 e. The van der Waals surface area contributed by atoms with Crippen molar-refractivity contribution in [2.75, 3.05) is 0 Å². The highest BCUT2D eigenvalue weighted by atomic mass is 15.1. The highest BCUT2D eigenvalue weighted by Crippen LogP contribution is 2.03. The second kappa shape index (κ2) is 1.43. The van der Waals surface area contributed by atoms with Crippen LogP contribution in [0.2, 0.25) is 0 Å². The van der Waals surface area contributed by atoms with Gasteiger partial charge in [-0.05, 0) is 4.85 Å². The zero-order valence-electron chi connectivity index (χ0n) is 3.63. The first kappa shape index (κ1) is 3.88. The topological polar surface area (TPSA) is 33.0 Å². The molecule has 0 aliphatic heterocycles. The van der Waals surface area contributed by atoms with Gasteiger partial charge in [-0.1, -0.05) is 0 Å². The fourth-order valence-corrected chi connectivity index (χ4v) is 0.315. The zero-order valence-corrected chi connectivity index (χ0v) is 3.63. The van der Waals surface area contributed by atoms with Gasteiger partial charge in [0, 0.05) is 0 Å². The van der Waals surface area contributed by atoms with Crippen molar-refractivity contribution in [1.29, 1.82) is 0 Å². The highest BCUT2D eigenvalue weighted by Gasteiger charge is 1.95. The van der Waals surface area contributed by atoms with Crippen molar-refractivity contribution in [3.63, 3.8) is 0 Å². The van der Waals surface area contributed by atoms with E-state index >= 15 is 0 Å². The van der Waals surface area contributed by atoms with Crippen LogP contribution in [0.3, 0.4) is 0 Å². The minimum Gasteiger partial charge on any atom is -0.277 e. The first-order valence-electron chi connectivity index (χ1n) is 1.83. The zero-order chi connectivity index (χ0) is 5.11. The molecule has 1 N–H and O–H groups in total. The van der Waals surface area contributed by atoms with E-state index < -0.39 is 0 Å². The van der Waals surface area contributed by atoms with Gasteiger partial charge in [0.2, 0.25) is 0 Å². The molecule has 0 saturated carbocycles. The molecule has 0 fully saturated rings. The van der Waals surface area contributed by atoms with Gasteiger partial charge in [0.05, 0.1) is 0 Å². The molecule has 0 aliphatic rings. The van der Waals surface area contributed by atoms with Crippen molar-refractivity contribution in [2.45, 2.75) is 0 Å². The molecule has 1 aromatic rings. The van der Waals surface area contributed by atoms with Gasteiger partial charge in [-0.3, -0.25) is 5.10 Å². The molecule has 0 aliphatic carbocycles. The summed E-state index contributed by atoms with van der Waals surface area (Å²) in [6.07, 6.45) is 3.15. The molecule has 1 rings (SSSR count). The molecule has 7 heavy (non-hydrogen) atoms. The van der Waals surface area contributed by atoms with Crippen LogP contribution < -0.4 is 0 Å². The summed E-state index contributed by atoms with van der Waals surface area (Å²) in [5.41, 5.74) is 0.667. The molecule has 0 radical (unpaired) electrons. The number of H-pyrrole nitrogens is 1. The Labute approximate surface area is 40.8 Å². The van der Waals surface area contributed by atoms with Crippen molar-refractivity contribution in [3.8, 4) is 6.57 Å². The number of aromatic nitrogens is 2. The molecular weight excluding hydrogens is 90.1 g/mol. The van der Waals surface area contributed by atoms with E-state index in [2.05, 4.69) is 15.0 Å². The molecule has 0 amide bonds. The standard InChI is InChI=1S/C4H4N3/c1-5-4-2-6-7-3-4/h1-3H,(H,6,7)/q+1. The predicted octanol–water partition coefficient (Wildman–Crippen LogP) is 1.00. The minimum atomic E-state index is 0.667. The van der Waals surface area contributed by atoms with Crippen LogP contribution in [0.1, 0.15) is 0 Å². The van der Waals surface area contributed by atoms with Crippen molar-refractivity contribution in [2.24, 2.45) is 0 Å². The Morgan fingerprint density at radius 2 is 2.71 bits per heavy atom. The largest absolute Gasteiger partial charge is 0.377 e. The van der Waals surface area contributed by atoms with Crippen molar-refractivity contribution in [1.82, 2.24) is 10.2 Å². The van der Waals surface area contributed by atoms with Crippen LogP contribution in [0.15, 0.2) is 12.4 Å². The summed E-state index contributed by atoms with van der Waals surface area (Å²) in [4.78, 5) is 3.34. The summed E-state index contributed by atoms with van der Waals surface area (Å²) in [5.74, 6) is 0. The van der Waals surface area contributed by atoms with Crippen LogP contribution in [0.25, 0.3) is 4.85 Å². The molecule has 0 spiro atoms. The third-order valence-electron chi connectivity index (χ3n) is 0.633. The summed E-state index contributed by atoms with van der Waals surface area (Å²) >= 11 is 0. The lowest BCUT2D eigenvalue weighted by Crippen LogP contribution is -1.53. The predicted molar refractivity (Wildman–Crippen MR) is 26.6 cm³/mol. The first-order chi connectivity index (χ1) is 3.43. The van der Waals surface area contributed by atoms with Crippen LogP contribution in [-0.4, -0.2) is 10.2 Å². The van der Waals surface area contributed by atoms with Crippen LogP contribution in [-0.2, 0) is 0 Å². The third kappa shape index (κ3) is 0.578. The molecule has 0 bridgehead atoms. The molecule has 1 heterocycles. The Balaban J connectivity index is 3.04. The summed E-state index contributed by atoms with van der Waals surface area (Å²) in [6, 6.07) is 0. The van der Waals surface area contributed by atoms with Gasteiger partial charge in [-0.15, -0.1) is 0 Å². The molecule has 0 atom stereocenters. The smallest absolute Gasteiger partial charge is 0.277 e. The van der Waals surface area contributed by atoms with E-state index in [4.69, 9.17) is 6.57 Å². The SMILES string of the molecule is C#[N+]c1cn[nH]c1. The Morgan fingerprint density at radius 1 is 1.86 bits per heavy atom. The number of aromatic amines is 1. The summed E-state index contributed by atoms with van der Waals surface area (Å²) in [6.45, 7) is 4.86. The van der Waals surface area contributed by atoms with Gasteiger partial charge >= 0.3 is 5.69 Å². The number of nitrogens with one attached hydrogen (secondary N) is 1. The van der Waals surface area contributed by atoms with E-state index in [0.29, 0.717) is 5.69 Å². The van der Waals surface area contributed by atoms with Gasteiger partial charge in [-0.2, -0.15) is 5.10 Å². The lowest BCUT2D eigenvalue weighted by Gasteiger charge is -1.48. The first-order valence-corrected chi connectivity index (χ1v) is 1.83. The van der Waals surface area contributed by atoms with E-state index in [9.17, 15) is 0 Å². The molecule has 0 unspecified atom stereocenters. The normalized spacial score (nSPS) is 7.86. The van der Waals surface area contributed by atoms with Gasteiger partial charge in [0.1, 0.15) is 12.4 Å². The monoisotopic (exact) mass is 94.0 g/mol. The number of rotatable bonds is 0. The third-order valence-corrected chi connectivity index (χ3v) is 0.633. The van der Waals surface area contributed by atoms with Crippen LogP contribution >= 0.6 is 0 Å². The van der Waals surface area contributed by atoms with Crippen molar-refractivity contribution >= 4 is 5.69 Å². The molecule has 0 saturated heterocycles. The van der Waals surface area contributed by atoms with Crippen molar-refractivity contribution < 1.29 is 0 Å². The number of hydrogen-bond acceptors (Lipinski definition) is 1. The fraction of sp³-hybridized carbons (Fsp3) is 0. The van der Waals surface area contributed by atoms with E-state index in [0.717, 1.165) is 0 Å². The minimum absolute atomic E-state index is 0.667. The lowest BCUT2D eigenvalue weighted by molar-refractivity contribution is 1.09. The fourth-order valence-electron chi connectivity index (χ4n) is 0.315. The molecule has 34 valence electrons. The van der Waals surface area contributed by atoms with Gasteiger partial charge in [0.25, 0.3) is 6.57 Å². The van der Waals surface area contributed by atoms with Crippen LogP contribution in [0.5, 0.6) is 0 Å². The molecule has 3 nitrogen and oxygen atoms in total. The average molecular weight is 94.1 g/mol. The molecular formula is C4H4N3+. The van der Waals surface area contributed by atoms with E-state index in [1.807, 2.05) is 0 Å². The van der Waals surface area contributed by atoms with E-state index in [1.54, 1.807) is 12.4 Å². The molecule has 0 aromatic carbocycles. The average Bonchev–Trinajstić information content (AvgIpc) is 2.14. The molecule has 1 aromatic heterocycles. The van der Waals surface area contributed by atoms with Crippen LogP contribution in [0.4, 0.5) is 5.69 Å².